The monoisotopic (exact) mass is 392 g/mol. The van der Waals surface area contributed by atoms with Gasteiger partial charge in [-0.1, -0.05) is 12.1 Å². The standard InChI is InChI=1S/C19H15F3N2O4/c20-19(21,22)14-2-1-3-15(11-14)28-9-8-24-7-6-12-4-5-13(17(25)23-27)10-16(12)18(24)26/h1-7,10-11,27H,8-9H2,(H,23,25). The van der Waals surface area contributed by atoms with Crippen molar-refractivity contribution in [1.82, 2.24) is 10.0 Å². The van der Waals surface area contributed by atoms with Crippen molar-refractivity contribution in [3.63, 3.8) is 0 Å². The van der Waals surface area contributed by atoms with Gasteiger partial charge in [-0.05, 0) is 41.8 Å². The van der Waals surface area contributed by atoms with Gasteiger partial charge in [0.25, 0.3) is 11.5 Å². The van der Waals surface area contributed by atoms with Crippen LogP contribution in [-0.4, -0.2) is 22.3 Å². The molecule has 6 nitrogen and oxygen atoms in total. The Morgan fingerprint density at radius 1 is 1.14 bits per heavy atom. The number of amides is 1. The fourth-order valence-electron chi connectivity index (χ4n) is 2.69. The lowest BCUT2D eigenvalue weighted by atomic mass is 10.1. The number of carbonyl (C=O) groups excluding carboxylic acids is 1. The second-order valence-corrected chi connectivity index (χ2v) is 5.93. The second kappa shape index (κ2) is 7.73. The van der Waals surface area contributed by atoms with Crippen LogP contribution in [0.3, 0.4) is 0 Å². The molecule has 9 heteroatoms. The van der Waals surface area contributed by atoms with Crippen LogP contribution in [0.5, 0.6) is 5.75 Å². The molecule has 1 aromatic heterocycles. The first kappa shape index (κ1) is 19.4. The molecular formula is C19H15F3N2O4. The van der Waals surface area contributed by atoms with E-state index in [4.69, 9.17) is 9.94 Å². The maximum atomic E-state index is 12.7. The minimum Gasteiger partial charge on any atom is -0.492 e. The van der Waals surface area contributed by atoms with Gasteiger partial charge in [0.2, 0.25) is 0 Å². The first-order valence-corrected chi connectivity index (χ1v) is 8.17. The Kier molecular flexibility index (Phi) is 5.36. The van der Waals surface area contributed by atoms with Gasteiger partial charge in [-0.3, -0.25) is 14.8 Å². The molecular weight excluding hydrogens is 377 g/mol. The van der Waals surface area contributed by atoms with Crippen molar-refractivity contribution in [2.45, 2.75) is 12.7 Å². The van der Waals surface area contributed by atoms with Gasteiger partial charge in [-0.15, -0.1) is 0 Å². The van der Waals surface area contributed by atoms with Gasteiger partial charge >= 0.3 is 6.18 Å². The van der Waals surface area contributed by atoms with E-state index in [-0.39, 0.29) is 29.9 Å². The van der Waals surface area contributed by atoms with Crippen LogP contribution in [0.15, 0.2) is 59.5 Å². The van der Waals surface area contributed by atoms with Crippen LogP contribution in [0.1, 0.15) is 15.9 Å². The molecule has 1 amide bonds. The average molecular weight is 392 g/mol. The molecule has 2 N–H and O–H groups in total. The molecule has 2 aromatic carbocycles. The lowest BCUT2D eigenvalue weighted by Gasteiger charge is -2.11. The van der Waals surface area contributed by atoms with E-state index < -0.39 is 23.2 Å². The first-order valence-electron chi connectivity index (χ1n) is 8.17. The molecule has 0 radical (unpaired) electrons. The molecule has 0 saturated heterocycles. The minimum atomic E-state index is -4.47. The summed E-state index contributed by atoms with van der Waals surface area (Å²) in [4.78, 5) is 24.1. The van der Waals surface area contributed by atoms with Crippen LogP contribution in [0.4, 0.5) is 13.2 Å². The third-order valence-electron chi connectivity index (χ3n) is 4.10. The summed E-state index contributed by atoms with van der Waals surface area (Å²) in [5.41, 5.74) is 0.407. The van der Waals surface area contributed by atoms with Crippen molar-refractivity contribution < 1.29 is 27.9 Å². The number of hydroxylamine groups is 1. The molecule has 3 aromatic rings. The van der Waals surface area contributed by atoms with Crippen LogP contribution in [0.2, 0.25) is 0 Å². The predicted molar refractivity (Wildman–Crippen MR) is 94.4 cm³/mol. The van der Waals surface area contributed by atoms with Gasteiger partial charge < -0.3 is 9.30 Å². The highest BCUT2D eigenvalue weighted by Gasteiger charge is 2.30. The Labute approximate surface area is 156 Å². The number of fused-ring (bicyclic) bond motifs is 1. The van der Waals surface area contributed by atoms with E-state index in [1.807, 2.05) is 0 Å². The maximum Gasteiger partial charge on any atom is 0.416 e. The summed E-state index contributed by atoms with van der Waals surface area (Å²) in [7, 11) is 0. The number of alkyl halides is 3. The third kappa shape index (κ3) is 4.15. The van der Waals surface area contributed by atoms with E-state index >= 15 is 0 Å². The molecule has 0 unspecified atom stereocenters. The Hall–Kier alpha value is -3.33. The van der Waals surface area contributed by atoms with Crippen LogP contribution >= 0.6 is 0 Å². The zero-order chi connectivity index (χ0) is 20.3. The molecule has 28 heavy (non-hydrogen) atoms. The summed E-state index contributed by atoms with van der Waals surface area (Å²) >= 11 is 0. The highest BCUT2D eigenvalue weighted by molar-refractivity contribution is 5.97. The number of rotatable bonds is 5. The number of hydrogen-bond acceptors (Lipinski definition) is 4. The van der Waals surface area contributed by atoms with Gasteiger partial charge in [-0.25, -0.2) is 5.48 Å². The van der Waals surface area contributed by atoms with Crippen LogP contribution in [0.25, 0.3) is 10.8 Å². The van der Waals surface area contributed by atoms with E-state index in [2.05, 4.69) is 0 Å². The number of nitrogens with one attached hydrogen (secondary N) is 1. The van der Waals surface area contributed by atoms with Gasteiger partial charge in [0, 0.05) is 17.1 Å². The minimum absolute atomic E-state index is 0.0243. The van der Waals surface area contributed by atoms with Crippen LogP contribution in [-0.2, 0) is 12.7 Å². The number of carbonyl (C=O) groups is 1. The molecule has 0 aliphatic heterocycles. The maximum absolute atomic E-state index is 12.7. The molecule has 0 spiro atoms. The number of ether oxygens (including phenoxy) is 1. The Bertz CT molecular complexity index is 1080. The zero-order valence-corrected chi connectivity index (χ0v) is 14.4. The number of pyridine rings is 1. The third-order valence-corrected chi connectivity index (χ3v) is 4.10. The molecule has 1 heterocycles. The number of hydrogen-bond donors (Lipinski definition) is 2. The molecule has 0 bridgehead atoms. The number of benzene rings is 2. The molecule has 0 aliphatic rings. The van der Waals surface area contributed by atoms with E-state index in [9.17, 15) is 22.8 Å². The second-order valence-electron chi connectivity index (χ2n) is 5.93. The zero-order valence-electron chi connectivity index (χ0n) is 14.4. The fourth-order valence-corrected chi connectivity index (χ4v) is 2.69. The Morgan fingerprint density at radius 3 is 2.64 bits per heavy atom. The van der Waals surface area contributed by atoms with Crippen molar-refractivity contribution in [3.05, 3.63) is 76.2 Å². The molecule has 3 rings (SSSR count). The van der Waals surface area contributed by atoms with Gasteiger partial charge in [-0.2, -0.15) is 13.2 Å². The summed E-state index contributed by atoms with van der Waals surface area (Å²) in [6, 6.07) is 10.5. The summed E-state index contributed by atoms with van der Waals surface area (Å²) in [6.45, 7) is 0.0744. The average Bonchev–Trinajstić information content (AvgIpc) is 2.68. The van der Waals surface area contributed by atoms with Gasteiger partial charge in [0.05, 0.1) is 12.1 Å². The Morgan fingerprint density at radius 2 is 1.93 bits per heavy atom. The lowest BCUT2D eigenvalue weighted by molar-refractivity contribution is -0.137. The number of aromatic nitrogens is 1. The first-order chi connectivity index (χ1) is 13.3. The topological polar surface area (TPSA) is 80.6 Å². The Balaban J connectivity index is 1.77. The van der Waals surface area contributed by atoms with Gasteiger partial charge in [0.15, 0.2) is 0 Å². The van der Waals surface area contributed by atoms with Crippen molar-refractivity contribution in [2.24, 2.45) is 0 Å². The van der Waals surface area contributed by atoms with Crippen molar-refractivity contribution >= 4 is 16.7 Å². The van der Waals surface area contributed by atoms with E-state index in [1.54, 1.807) is 12.1 Å². The normalized spacial score (nSPS) is 11.4. The van der Waals surface area contributed by atoms with Crippen molar-refractivity contribution in [1.29, 1.82) is 0 Å². The van der Waals surface area contributed by atoms with E-state index in [0.29, 0.717) is 5.39 Å². The molecule has 0 fully saturated rings. The molecule has 0 atom stereocenters. The summed E-state index contributed by atoms with van der Waals surface area (Å²) < 4.78 is 44.8. The van der Waals surface area contributed by atoms with Crippen molar-refractivity contribution in [2.75, 3.05) is 6.61 Å². The molecule has 0 saturated carbocycles. The predicted octanol–water partition coefficient (Wildman–Crippen LogP) is 3.22. The van der Waals surface area contributed by atoms with Crippen LogP contribution < -0.4 is 15.8 Å². The van der Waals surface area contributed by atoms with Crippen LogP contribution in [0, 0.1) is 0 Å². The largest absolute Gasteiger partial charge is 0.492 e. The van der Waals surface area contributed by atoms with E-state index in [0.717, 1.165) is 12.1 Å². The molecule has 0 aliphatic carbocycles. The fraction of sp³-hybridized carbons (Fsp3) is 0.158. The summed E-state index contributed by atoms with van der Waals surface area (Å²) in [5, 5.41) is 9.58. The molecule has 146 valence electrons. The quantitative estimate of drug-likeness (QED) is 0.516. The summed E-state index contributed by atoms with van der Waals surface area (Å²) in [6.07, 6.45) is -2.93. The highest BCUT2D eigenvalue weighted by atomic mass is 19.4. The van der Waals surface area contributed by atoms with E-state index in [1.165, 1.54) is 40.5 Å². The smallest absolute Gasteiger partial charge is 0.416 e. The van der Waals surface area contributed by atoms with Gasteiger partial charge in [0.1, 0.15) is 12.4 Å². The van der Waals surface area contributed by atoms with Crippen molar-refractivity contribution in [3.8, 4) is 5.75 Å². The lowest BCUT2D eigenvalue weighted by Crippen LogP contribution is -2.23. The number of halogens is 3. The summed E-state index contributed by atoms with van der Waals surface area (Å²) in [5.74, 6) is -0.699. The highest BCUT2D eigenvalue weighted by Crippen LogP contribution is 2.31. The SMILES string of the molecule is O=C(NO)c1ccc2ccn(CCOc3cccc(C(F)(F)F)c3)c(=O)c2c1. The number of nitrogens with zero attached hydrogens (tertiary/aromatic N) is 1.